The van der Waals surface area contributed by atoms with Gasteiger partial charge in [0.25, 0.3) is 0 Å². The van der Waals surface area contributed by atoms with Crippen molar-refractivity contribution in [2.45, 2.75) is 19.4 Å². The standard InChI is InChI=1S/C43H36O12/c1-4-39(45)52-26-37(53-40(46)5-2)25-51-38-19-13-32(22-27(38)3)43(49)55-36-18-12-30-23-33(9-8-31(30)24-36)41(47)50-21-20-28-6-16-35(17-7-28)54-42(48)29-10-14-34(44)15-11-29/h4-19,22-24,37,44H,1-2,20-21,25-26H2,3H3. The molecule has 0 amide bonds. The Labute approximate surface area is 316 Å². The summed E-state index contributed by atoms with van der Waals surface area (Å²) in [6.07, 6.45) is 1.50. The topological polar surface area (TPSA) is 161 Å². The van der Waals surface area contributed by atoms with E-state index in [1.54, 1.807) is 79.7 Å². The third kappa shape index (κ3) is 11.1. The number of carbonyl (C=O) groups excluding carboxylic acids is 5. The lowest BCUT2D eigenvalue weighted by Gasteiger charge is -2.18. The molecule has 5 aromatic rings. The quantitative estimate of drug-likeness (QED) is 0.0483. The molecule has 0 saturated carbocycles. The molecule has 1 N–H and O–H groups in total. The normalized spacial score (nSPS) is 11.1. The van der Waals surface area contributed by atoms with Crippen molar-refractivity contribution in [3.05, 3.63) is 156 Å². The fraction of sp³-hybridized carbons (Fsp3) is 0.140. The number of fused-ring (bicyclic) bond motifs is 1. The number of phenols is 1. The Balaban J connectivity index is 1.11. The molecule has 0 heterocycles. The first kappa shape index (κ1) is 39.0. The Morgan fingerprint density at radius 1 is 0.636 bits per heavy atom. The molecule has 0 aliphatic heterocycles. The van der Waals surface area contributed by atoms with Gasteiger partial charge in [0.2, 0.25) is 0 Å². The van der Waals surface area contributed by atoms with Gasteiger partial charge in [0, 0.05) is 18.6 Å². The summed E-state index contributed by atoms with van der Waals surface area (Å²) in [4.78, 5) is 61.2. The molecule has 5 aromatic carbocycles. The van der Waals surface area contributed by atoms with Crippen LogP contribution in [0.1, 0.15) is 42.2 Å². The molecule has 0 fully saturated rings. The molecule has 0 spiro atoms. The van der Waals surface area contributed by atoms with Crippen molar-refractivity contribution in [1.29, 1.82) is 0 Å². The van der Waals surface area contributed by atoms with Crippen molar-refractivity contribution in [3.63, 3.8) is 0 Å². The third-order valence-corrected chi connectivity index (χ3v) is 7.98. The van der Waals surface area contributed by atoms with Crippen LogP contribution in [0, 0.1) is 6.92 Å². The van der Waals surface area contributed by atoms with Crippen molar-refractivity contribution < 1.29 is 57.5 Å². The maximum Gasteiger partial charge on any atom is 0.343 e. The SMILES string of the molecule is C=CC(=O)OCC(COc1ccc(C(=O)Oc2ccc3cc(C(=O)OCCc4ccc(OC(=O)c5ccc(O)cc5)cc4)ccc3c2)cc1C)OC(=O)C=C. The van der Waals surface area contributed by atoms with Gasteiger partial charge in [-0.15, -0.1) is 0 Å². The molecule has 0 aliphatic carbocycles. The highest BCUT2D eigenvalue weighted by Gasteiger charge is 2.18. The second-order valence-corrected chi connectivity index (χ2v) is 12.0. The molecule has 12 nitrogen and oxygen atoms in total. The van der Waals surface area contributed by atoms with Crippen LogP contribution in [-0.2, 0) is 30.2 Å². The minimum atomic E-state index is -0.913. The zero-order valence-corrected chi connectivity index (χ0v) is 29.7. The summed E-state index contributed by atoms with van der Waals surface area (Å²) in [5, 5.41) is 10.9. The van der Waals surface area contributed by atoms with E-state index in [4.69, 9.17) is 28.4 Å². The molecular weight excluding hydrogens is 708 g/mol. The van der Waals surface area contributed by atoms with Gasteiger partial charge in [0.15, 0.2) is 6.10 Å². The number of esters is 5. The van der Waals surface area contributed by atoms with Gasteiger partial charge in [-0.1, -0.05) is 37.4 Å². The molecule has 1 atom stereocenters. The average molecular weight is 745 g/mol. The van der Waals surface area contributed by atoms with Crippen LogP contribution in [-0.4, -0.2) is 60.9 Å². The van der Waals surface area contributed by atoms with E-state index in [1.807, 2.05) is 0 Å². The fourth-order valence-electron chi connectivity index (χ4n) is 5.10. The molecule has 5 rings (SSSR count). The van der Waals surface area contributed by atoms with Crippen molar-refractivity contribution in [2.24, 2.45) is 0 Å². The number of hydrogen-bond donors (Lipinski definition) is 1. The smallest absolute Gasteiger partial charge is 0.343 e. The number of aryl methyl sites for hydroxylation is 1. The summed E-state index contributed by atoms with van der Waals surface area (Å²) in [6.45, 7) is 8.15. The van der Waals surface area contributed by atoms with Crippen LogP contribution in [0.25, 0.3) is 10.8 Å². The Bertz CT molecular complexity index is 2220. The van der Waals surface area contributed by atoms with E-state index in [0.29, 0.717) is 40.4 Å². The minimum Gasteiger partial charge on any atom is -0.508 e. The van der Waals surface area contributed by atoms with E-state index in [-0.39, 0.29) is 31.1 Å². The first-order valence-corrected chi connectivity index (χ1v) is 16.9. The van der Waals surface area contributed by atoms with Crippen molar-refractivity contribution in [2.75, 3.05) is 19.8 Å². The van der Waals surface area contributed by atoms with Gasteiger partial charge in [0.05, 0.1) is 23.3 Å². The highest BCUT2D eigenvalue weighted by Crippen LogP contribution is 2.25. The Morgan fingerprint density at radius 2 is 1.24 bits per heavy atom. The second-order valence-electron chi connectivity index (χ2n) is 12.0. The van der Waals surface area contributed by atoms with E-state index in [9.17, 15) is 29.1 Å². The molecule has 1 unspecified atom stereocenters. The molecule has 0 bridgehead atoms. The summed E-state index contributed by atoms with van der Waals surface area (Å²) in [5.74, 6) is -1.93. The lowest BCUT2D eigenvalue weighted by Crippen LogP contribution is -2.30. The first-order chi connectivity index (χ1) is 26.5. The summed E-state index contributed by atoms with van der Waals surface area (Å²) in [6, 6.07) is 27.4. The molecular formula is C43H36O12. The van der Waals surface area contributed by atoms with Crippen LogP contribution in [0.15, 0.2) is 128 Å². The van der Waals surface area contributed by atoms with E-state index in [2.05, 4.69) is 13.2 Å². The van der Waals surface area contributed by atoms with Gasteiger partial charge in [-0.05, 0) is 108 Å². The van der Waals surface area contributed by atoms with Crippen LogP contribution in [0.2, 0.25) is 0 Å². The lowest BCUT2D eigenvalue weighted by atomic mass is 10.1. The average Bonchev–Trinajstić information content (AvgIpc) is 3.19. The summed E-state index contributed by atoms with van der Waals surface area (Å²) < 4.78 is 32.4. The number of rotatable bonds is 16. The van der Waals surface area contributed by atoms with Crippen molar-refractivity contribution >= 4 is 40.6 Å². The van der Waals surface area contributed by atoms with Gasteiger partial charge < -0.3 is 33.5 Å². The highest BCUT2D eigenvalue weighted by atomic mass is 16.6. The van der Waals surface area contributed by atoms with Gasteiger partial charge in [0.1, 0.15) is 36.2 Å². The molecule has 12 heteroatoms. The van der Waals surface area contributed by atoms with E-state index < -0.39 is 36.0 Å². The Morgan fingerprint density at radius 3 is 1.95 bits per heavy atom. The van der Waals surface area contributed by atoms with Crippen molar-refractivity contribution in [3.8, 4) is 23.0 Å². The largest absolute Gasteiger partial charge is 0.508 e. The van der Waals surface area contributed by atoms with Crippen LogP contribution in [0.3, 0.4) is 0 Å². The van der Waals surface area contributed by atoms with Gasteiger partial charge in [-0.2, -0.15) is 0 Å². The highest BCUT2D eigenvalue weighted by molar-refractivity contribution is 5.96. The fourth-order valence-corrected chi connectivity index (χ4v) is 5.10. The maximum absolute atomic E-state index is 13.0. The lowest BCUT2D eigenvalue weighted by molar-refractivity contribution is -0.154. The summed E-state index contributed by atoms with van der Waals surface area (Å²) >= 11 is 0. The second kappa shape index (κ2) is 18.5. The van der Waals surface area contributed by atoms with Crippen LogP contribution in [0.5, 0.6) is 23.0 Å². The number of phenolic OH excluding ortho intramolecular Hbond substituents is 1. The molecule has 55 heavy (non-hydrogen) atoms. The molecule has 0 aromatic heterocycles. The summed E-state index contributed by atoms with van der Waals surface area (Å²) in [5.41, 5.74) is 2.41. The van der Waals surface area contributed by atoms with Gasteiger partial charge in [-0.25, -0.2) is 24.0 Å². The van der Waals surface area contributed by atoms with E-state index in [1.165, 1.54) is 30.3 Å². The minimum absolute atomic E-state index is 0.0510. The number of carbonyl (C=O) groups is 5. The zero-order chi connectivity index (χ0) is 39.3. The molecule has 280 valence electrons. The number of hydrogen-bond acceptors (Lipinski definition) is 12. The van der Waals surface area contributed by atoms with Gasteiger partial charge in [-0.3, -0.25) is 0 Å². The van der Waals surface area contributed by atoms with E-state index in [0.717, 1.165) is 28.5 Å². The maximum atomic E-state index is 13.0. The molecule has 0 saturated heterocycles. The monoisotopic (exact) mass is 744 g/mol. The number of ether oxygens (including phenoxy) is 6. The van der Waals surface area contributed by atoms with Crippen LogP contribution < -0.4 is 14.2 Å². The molecule has 0 aliphatic rings. The Hall–Kier alpha value is -7.21. The predicted octanol–water partition coefficient (Wildman–Crippen LogP) is 6.90. The number of aromatic hydroxyl groups is 1. The zero-order valence-electron chi connectivity index (χ0n) is 29.7. The summed E-state index contributed by atoms with van der Waals surface area (Å²) in [7, 11) is 0. The first-order valence-electron chi connectivity index (χ1n) is 16.9. The Kier molecular flexibility index (Phi) is 13.1. The van der Waals surface area contributed by atoms with E-state index >= 15 is 0 Å². The van der Waals surface area contributed by atoms with Gasteiger partial charge >= 0.3 is 29.8 Å². The third-order valence-electron chi connectivity index (χ3n) is 7.98. The van der Waals surface area contributed by atoms with Crippen LogP contribution >= 0.6 is 0 Å². The van der Waals surface area contributed by atoms with Crippen molar-refractivity contribution in [1.82, 2.24) is 0 Å². The number of benzene rings is 5. The predicted molar refractivity (Wildman–Crippen MR) is 200 cm³/mol. The molecule has 0 radical (unpaired) electrons. The van der Waals surface area contributed by atoms with Crippen LogP contribution in [0.4, 0.5) is 0 Å².